The van der Waals surface area contributed by atoms with Crippen LogP contribution in [0.15, 0.2) is 29.1 Å². The number of aliphatic imine (C=N–C) groups is 1. The predicted molar refractivity (Wildman–Crippen MR) is 63.8 cm³/mol. The molecule has 0 heterocycles. The first kappa shape index (κ1) is 12.0. The first-order chi connectivity index (χ1) is 7.26. The van der Waals surface area contributed by atoms with Crippen LogP contribution in [0.4, 0.5) is 0 Å². The Balaban J connectivity index is 2.39. The normalized spacial score (nSPS) is 28.0. The van der Waals surface area contributed by atoms with E-state index < -0.39 is 0 Å². The van der Waals surface area contributed by atoms with Gasteiger partial charge in [0.25, 0.3) is 0 Å². The molecule has 1 aliphatic carbocycles. The monoisotopic (exact) mass is 208 g/mol. The molecule has 0 bridgehead atoms. The fraction of sp³-hybridized carbons (Fsp3) is 0.583. The Kier molecular flexibility index (Phi) is 5.12. The second-order valence-electron chi connectivity index (χ2n) is 3.84. The van der Waals surface area contributed by atoms with Crippen molar-refractivity contribution in [3.63, 3.8) is 0 Å². The van der Waals surface area contributed by atoms with Crippen molar-refractivity contribution in [2.24, 2.45) is 10.7 Å². The summed E-state index contributed by atoms with van der Waals surface area (Å²) in [4.78, 5) is 3.66. The van der Waals surface area contributed by atoms with Crippen molar-refractivity contribution < 1.29 is 4.74 Å². The molecule has 0 spiro atoms. The molecule has 15 heavy (non-hydrogen) atoms. The molecular formula is C12H20N2O. The minimum atomic E-state index is 0.311. The minimum Gasteiger partial charge on any atom is -0.491 e. The minimum absolute atomic E-state index is 0.311. The summed E-state index contributed by atoms with van der Waals surface area (Å²) in [6, 6.07) is 0.365. The third-order valence-electron chi connectivity index (χ3n) is 2.65. The summed E-state index contributed by atoms with van der Waals surface area (Å²) in [5, 5.41) is 0. The van der Waals surface area contributed by atoms with E-state index >= 15 is 0 Å². The Morgan fingerprint density at radius 1 is 1.40 bits per heavy atom. The highest BCUT2D eigenvalue weighted by Gasteiger charge is 2.19. The lowest BCUT2D eigenvalue weighted by atomic mass is 9.94. The van der Waals surface area contributed by atoms with Crippen LogP contribution >= 0.6 is 0 Å². The van der Waals surface area contributed by atoms with Gasteiger partial charge in [-0.3, -0.25) is 4.99 Å². The zero-order valence-corrected chi connectivity index (χ0v) is 9.36. The third-order valence-corrected chi connectivity index (χ3v) is 2.65. The molecule has 1 fully saturated rings. The van der Waals surface area contributed by atoms with Crippen LogP contribution in [0.3, 0.4) is 0 Å². The molecule has 1 rings (SSSR count). The Hall–Kier alpha value is -1.09. The predicted octanol–water partition coefficient (Wildman–Crippen LogP) is 2.39. The van der Waals surface area contributed by atoms with Gasteiger partial charge in [-0.2, -0.15) is 0 Å². The van der Waals surface area contributed by atoms with Gasteiger partial charge in [0.2, 0.25) is 0 Å². The van der Waals surface area contributed by atoms with Gasteiger partial charge >= 0.3 is 0 Å². The summed E-state index contributed by atoms with van der Waals surface area (Å²) in [7, 11) is 0. The standard InChI is InChI=1S/C12H20N2O/c1-3-11(8-9-14-2)15-12-6-4-10(13)5-7-12/h3,8-10,12H,2,4-7,13H2,1H3/b9-8-,11-3+. The summed E-state index contributed by atoms with van der Waals surface area (Å²) < 4.78 is 5.82. The van der Waals surface area contributed by atoms with Crippen molar-refractivity contribution in [2.45, 2.75) is 44.8 Å². The smallest absolute Gasteiger partial charge is 0.116 e. The second-order valence-corrected chi connectivity index (χ2v) is 3.84. The topological polar surface area (TPSA) is 47.6 Å². The zero-order valence-electron chi connectivity index (χ0n) is 9.36. The van der Waals surface area contributed by atoms with Gasteiger partial charge in [-0.1, -0.05) is 0 Å². The molecule has 84 valence electrons. The van der Waals surface area contributed by atoms with Crippen molar-refractivity contribution in [1.82, 2.24) is 0 Å². The number of nitrogens with two attached hydrogens (primary N) is 1. The number of nitrogens with zero attached hydrogens (tertiary/aromatic N) is 1. The first-order valence-corrected chi connectivity index (χ1v) is 5.47. The Bertz CT molecular complexity index is 250. The van der Waals surface area contributed by atoms with Gasteiger partial charge in [0.1, 0.15) is 5.76 Å². The lowest BCUT2D eigenvalue weighted by Crippen LogP contribution is -2.30. The average molecular weight is 208 g/mol. The van der Waals surface area contributed by atoms with E-state index in [1.165, 1.54) is 0 Å². The largest absolute Gasteiger partial charge is 0.491 e. The highest BCUT2D eigenvalue weighted by atomic mass is 16.5. The van der Waals surface area contributed by atoms with Crippen molar-refractivity contribution in [1.29, 1.82) is 0 Å². The molecule has 0 atom stereocenters. The van der Waals surface area contributed by atoms with Gasteiger partial charge < -0.3 is 10.5 Å². The van der Waals surface area contributed by atoms with E-state index in [0.717, 1.165) is 31.4 Å². The molecule has 0 radical (unpaired) electrons. The summed E-state index contributed by atoms with van der Waals surface area (Å²) in [6.07, 6.45) is 9.95. The van der Waals surface area contributed by atoms with E-state index in [2.05, 4.69) is 11.7 Å². The fourth-order valence-electron chi connectivity index (χ4n) is 1.73. The molecule has 0 saturated heterocycles. The maximum absolute atomic E-state index is 5.83. The SMILES string of the molecule is C=N/C=C\C(=C/C)OC1CCC(N)CC1. The molecule has 0 aromatic rings. The highest BCUT2D eigenvalue weighted by molar-refractivity contribution is 5.26. The number of hydrogen-bond donors (Lipinski definition) is 1. The maximum Gasteiger partial charge on any atom is 0.116 e. The number of allylic oxidation sites excluding steroid dienone is 2. The van der Waals surface area contributed by atoms with E-state index in [1.54, 1.807) is 6.20 Å². The van der Waals surface area contributed by atoms with Crippen LogP contribution < -0.4 is 5.73 Å². The van der Waals surface area contributed by atoms with Crippen LogP contribution in [-0.4, -0.2) is 18.9 Å². The lowest BCUT2D eigenvalue weighted by molar-refractivity contribution is 0.0846. The molecule has 0 amide bonds. The molecule has 3 nitrogen and oxygen atoms in total. The summed E-state index contributed by atoms with van der Waals surface area (Å²) >= 11 is 0. The molecule has 2 N–H and O–H groups in total. The number of hydrogen-bond acceptors (Lipinski definition) is 3. The van der Waals surface area contributed by atoms with Crippen LogP contribution in [-0.2, 0) is 4.74 Å². The van der Waals surface area contributed by atoms with Crippen LogP contribution in [0.5, 0.6) is 0 Å². The summed E-state index contributed by atoms with van der Waals surface area (Å²) in [5.41, 5.74) is 5.83. The van der Waals surface area contributed by atoms with Crippen LogP contribution in [0.2, 0.25) is 0 Å². The Morgan fingerprint density at radius 3 is 2.60 bits per heavy atom. The van der Waals surface area contributed by atoms with Gasteiger partial charge in [-0.15, -0.1) is 0 Å². The maximum atomic E-state index is 5.83. The quantitative estimate of drug-likeness (QED) is 0.438. The number of ether oxygens (including phenoxy) is 1. The van der Waals surface area contributed by atoms with E-state index in [4.69, 9.17) is 10.5 Å². The molecule has 1 saturated carbocycles. The number of rotatable bonds is 4. The van der Waals surface area contributed by atoms with Crippen molar-refractivity contribution in [3.05, 3.63) is 24.1 Å². The highest BCUT2D eigenvalue weighted by Crippen LogP contribution is 2.22. The second kappa shape index (κ2) is 6.40. The van der Waals surface area contributed by atoms with E-state index in [9.17, 15) is 0 Å². The van der Waals surface area contributed by atoms with Gasteiger partial charge in [-0.25, -0.2) is 0 Å². The summed E-state index contributed by atoms with van der Waals surface area (Å²) in [6.45, 7) is 5.34. The van der Waals surface area contributed by atoms with Crippen LogP contribution in [0.25, 0.3) is 0 Å². The van der Waals surface area contributed by atoms with Gasteiger partial charge in [0, 0.05) is 12.2 Å². The van der Waals surface area contributed by atoms with Gasteiger partial charge in [-0.05, 0) is 51.5 Å². The molecule has 0 aromatic carbocycles. The third kappa shape index (κ3) is 4.30. The Labute approximate surface area is 91.7 Å². The lowest BCUT2D eigenvalue weighted by Gasteiger charge is -2.27. The first-order valence-electron chi connectivity index (χ1n) is 5.47. The summed E-state index contributed by atoms with van der Waals surface area (Å²) in [5.74, 6) is 0.864. The van der Waals surface area contributed by atoms with Gasteiger partial charge in [0.15, 0.2) is 0 Å². The van der Waals surface area contributed by atoms with E-state index in [0.29, 0.717) is 12.1 Å². The average Bonchev–Trinajstić information content (AvgIpc) is 2.27. The molecule has 3 heteroatoms. The zero-order chi connectivity index (χ0) is 11.1. The van der Waals surface area contributed by atoms with Crippen LogP contribution in [0, 0.1) is 0 Å². The van der Waals surface area contributed by atoms with Crippen LogP contribution in [0.1, 0.15) is 32.6 Å². The molecule has 0 aromatic heterocycles. The van der Waals surface area contributed by atoms with Gasteiger partial charge in [0.05, 0.1) is 6.10 Å². The van der Waals surface area contributed by atoms with E-state index in [-0.39, 0.29) is 0 Å². The Morgan fingerprint density at radius 2 is 2.07 bits per heavy atom. The fourth-order valence-corrected chi connectivity index (χ4v) is 1.73. The van der Waals surface area contributed by atoms with Crippen molar-refractivity contribution in [3.8, 4) is 0 Å². The van der Waals surface area contributed by atoms with Crippen molar-refractivity contribution in [2.75, 3.05) is 0 Å². The van der Waals surface area contributed by atoms with Crippen molar-refractivity contribution >= 4 is 6.72 Å². The molecule has 1 aliphatic rings. The molecular weight excluding hydrogens is 188 g/mol. The van der Waals surface area contributed by atoms with E-state index in [1.807, 2.05) is 19.1 Å². The molecule has 0 aliphatic heterocycles. The molecule has 0 unspecified atom stereocenters.